The molecule has 0 aliphatic rings. The lowest BCUT2D eigenvalue weighted by Gasteiger charge is -2.01. The van der Waals surface area contributed by atoms with Gasteiger partial charge in [-0.25, -0.2) is 4.79 Å². The third kappa shape index (κ3) is 3.25. The van der Waals surface area contributed by atoms with Gasteiger partial charge in [-0.2, -0.15) is 0 Å². The van der Waals surface area contributed by atoms with Crippen LogP contribution in [0.4, 0.5) is 0 Å². The van der Waals surface area contributed by atoms with Crippen molar-refractivity contribution in [3.63, 3.8) is 0 Å². The lowest BCUT2D eigenvalue weighted by atomic mass is 10.1. The third-order valence-corrected chi connectivity index (χ3v) is 3.00. The minimum atomic E-state index is -0.945. The van der Waals surface area contributed by atoms with Gasteiger partial charge in [0.25, 0.3) is 0 Å². The fraction of sp³-hybridized carbons (Fsp3) is 0.118. The van der Waals surface area contributed by atoms with Crippen molar-refractivity contribution < 1.29 is 15.0 Å². The van der Waals surface area contributed by atoms with Crippen LogP contribution in [0.3, 0.4) is 0 Å². The molecule has 0 saturated heterocycles. The number of aliphatic hydroxyl groups is 1. The van der Waals surface area contributed by atoms with E-state index in [2.05, 4.69) is 11.8 Å². The molecule has 0 bridgehead atoms. The zero-order valence-electron chi connectivity index (χ0n) is 11.1. The summed E-state index contributed by atoms with van der Waals surface area (Å²) in [4.78, 5) is 10.7. The predicted octanol–water partition coefficient (Wildman–Crippen LogP) is 2.59. The molecule has 0 aliphatic carbocycles. The van der Waals surface area contributed by atoms with E-state index >= 15 is 0 Å². The van der Waals surface area contributed by atoms with Crippen LogP contribution in [0.1, 0.15) is 32.6 Å². The van der Waals surface area contributed by atoms with Crippen molar-refractivity contribution in [1.29, 1.82) is 0 Å². The van der Waals surface area contributed by atoms with E-state index in [-0.39, 0.29) is 12.2 Å². The van der Waals surface area contributed by atoms with Gasteiger partial charge in [0.1, 0.15) is 0 Å². The Balaban J connectivity index is 2.22. The van der Waals surface area contributed by atoms with Crippen molar-refractivity contribution >= 4 is 5.97 Å². The van der Waals surface area contributed by atoms with Gasteiger partial charge in [0.05, 0.1) is 12.2 Å². The first kappa shape index (κ1) is 13.9. The van der Waals surface area contributed by atoms with Crippen molar-refractivity contribution in [2.75, 3.05) is 0 Å². The number of hydrogen-bond donors (Lipinski definition) is 2. The molecule has 0 saturated carbocycles. The lowest BCUT2D eigenvalue weighted by molar-refractivity contribution is 0.0697. The Morgan fingerprint density at radius 1 is 1.05 bits per heavy atom. The number of carbonyl (C=O) groups is 1. The highest BCUT2D eigenvalue weighted by molar-refractivity contribution is 5.87. The molecule has 2 aromatic rings. The molecule has 0 fully saturated rings. The number of aryl methyl sites for hydroxylation is 1. The second-order valence-corrected chi connectivity index (χ2v) is 4.43. The van der Waals surface area contributed by atoms with Crippen LogP contribution >= 0.6 is 0 Å². The quantitative estimate of drug-likeness (QED) is 0.821. The van der Waals surface area contributed by atoms with Gasteiger partial charge in [-0.3, -0.25) is 0 Å². The van der Waals surface area contributed by atoms with Gasteiger partial charge >= 0.3 is 5.97 Å². The molecular weight excluding hydrogens is 252 g/mol. The summed E-state index contributed by atoms with van der Waals surface area (Å²) in [5, 5.41) is 17.9. The molecule has 0 atom stereocenters. The summed E-state index contributed by atoms with van der Waals surface area (Å²) < 4.78 is 0. The van der Waals surface area contributed by atoms with Crippen LogP contribution in [0.5, 0.6) is 0 Å². The van der Waals surface area contributed by atoms with E-state index in [1.54, 1.807) is 12.1 Å². The van der Waals surface area contributed by atoms with Gasteiger partial charge < -0.3 is 10.2 Å². The summed E-state index contributed by atoms with van der Waals surface area (Å²) in [6.45, 7) is 1.95. The van der Waals surface area contributed by atoms with Crippen LogP contribution in [0.25, 0.3) is 0 Å². The van der Waals surface area contributed by atoms with Crippen molar-refractivity contribution in [2.45, 2.75) is 13.5 Å². The normalized spacial score (nSPS) is 9.70. The minimum Gasteiger partial charge on any atom is -0.478 e. The maximum atomic E-state index is 10.7. The first-order valence-electron chi connectivity index (χ1n) is 6.16. The number of carboxylic acid groups (broad SMARTS) is 1. The SMILES string of the molecule is Cc1cc(C#Cc2ccc(C(=O)O)cc2)ccc1CO. The van der Waals surface area contributed by atoms with E-state index in [1.807, 2.05) is 25.1 Å². The predicted molar refractivity (Wildman–Crippen MR) is 76.5 cm³/mol. The van der Waals surface area contributed by atoms with Gasteiger partial charge in [-0.1, -0.05) is 17.9 Å². The standard InChI is InChI=1S/C17H14O3/c1-12-10-14(6-9-16(12)11-18)3-2-13-4-7-15(8-5-13)17(19)20/h4-10,18H,11H2,1H3,(H,19,20). The molecule has 0 spiro atoms. The smallest absolute Gasteiger partial charge is 0.335 e. The van der Waals surface area contributed by atoms with Crippen molar-refractivity contribution in [3.05, 3.63) is 70.3 Å². The van der Waals surface area contributed by atoms with E-state index in [0.29, 0.717) is 0 Å². The molecule has 3 nitrogen and oxygen atoms in total. The molecule has 0 aromatic heterocycles. The van der Waals surface area contributed by atoms with Crippen molar-refractivity contribution in [2.24, 2.45) is 0 Å². The summed E-state index contributed by atoms with van der Waals surface area (Å²) >= 11 is 0. The number of hydrogen-bond acceptors (Lipinski definition) is 2. The maximum absolute atomic E-state index is 10.7. The summed E-state index contributed by atoms with van der Waals surface area (Å²) in [7, 11) is 0. The van der Waals surface area contributed by atoms with Crippen LogP contribution < -0.4 is 0 Å². The van der Waals surface area contributed by atoms with Crippen molar-refractivity contribution in [3.8, 4) is 11.8 Å². The largest absolute Gasteiger partial charge is 0.478 e. The molecule has 0 unspecified atom stereocenters. The zero-order valence-corrected chi connectivity index (χ0v) is 11.1. The summed E-state index contributed by atoms with van der Waals surface area (Å²) in [6, 6.07) is 12.1. The second-order valence-electron chi connectivity index (χ2n) is 4.43. The maximum Gasteiger partial charge on any atom is 0.335 e. The molecular formula is C17H14O3. The average molecular weight is 266 g/mol. The molecule has 0 heterocycles. The number of aromatic carboxylic acids is 1. The summed E-state index contributed by atoms with van der Waals surface area (Å²) in [5.41, 5.74) is 3.77. The lowest BCUT2D eigenvalue weighted by Crippen LogP contribution is -1.94. The first-order valence-corrected chi connectivity index (χ1v) is 6.16. The summed E-state index contributed by atoms with van der Waals surface area (Å²) in [5.74, 6) is 5.06. The first-order chi connectivity index (χ1) is 9.60. The van der Waals surface area contributed by atoms with E-state index in [0.717, 1.165) is 22.3 Å². The van der Waals surface area contributed by atoms with Gasteiger partial charge in [0.2, 0.25) is 0 Å². The number of benzene rings is 2. The molecule has 0 aliphatic heterocycles. The summed E-state index contributed by atoms with van der Waals surface area (Å²) in [6.07, 6.45) is 0. The number of rotatable bonds is 2. The van der Waals surface area contributed by atoms with Crippen LogP contribution in [0, 0.1) is 18.8 Å². The zero-order chi connectivity index (χ0) is 14.5. The Labute approximate surface area is 117 Å². The van der Waals surface area contributed by atoms with Crippen molar-refractivity contribution in [1.82, 2.24) is 0 Å². The number of aliphatic hydroxyl groups excluding tert-OH is 1. The molecule has 2 rings (SSSR count). The van der Waals surface area contributed by atoms with E-state index < -0.39 is 5.97 Å². The van der Waals surface area contributed by atoms with E-state index in [1.165, 1.54) is 12.1 Å². The minimum absolute atomic E-state index is 0.0240. The van der Waals surface area contributed by atoms with Gasteiger partial charge in [0, 0.05) is 11.1 Å². The average Bonchev–Trinajstić information content (AvgIpc) is 2.45. The Kier molecular flexibility index (Phi) is 4.19. The Morgan fingerprint density at radius 2 is 1.65 bits per heavy atom. The van der Waals surface area contributed by atoms with Gasteiger partial charge in [0.15, 0.2) is 0 Å². The molecule has 100 valence electrons. The molecule has 0 radical (unpaired) electrons. The highest BCUT2D eigenvalue weighted by Gasteiger charge is 2.00. The van der Waals surface area contributed by atoms with Crippen LogP contribution in [0.15, 0.2) is 42.5 Å². The fourth-order valence-corrected chi connectivity index (χ4v) is 1.79. The number of carboxylic acids is 1. The van der Waals surface area contributed by atoms with Gasteiger partial charge in [-0.15, -0.1) is 0 Å². The van der Waals surface area contributed by atoms with Crippen LogP contribution in [-0.2, 0) is 6.61 Å². The molecule has 2 aromatic carbocycles. The van der Waals surface area contributed by atoms with E-state index in [9.17, 15) is 4.79 Å². The second kappa shape index (κ2) is 6.05. The fourth-order valence-electron chi connectivity index (χ4n) is 1.79. The highest BCUT2D eigenvalue weighted by Crippen LogP contribution is 2.10. The third-order valence-electron chi connectivity index (χ3n) is 3.00. The van der Waals surface area contributed by atoms with Gasteiger partial charge in [-0.05, 0) is 54.4 Å². The molecule has 2 N–H and O–H groups in total. The molecule has 0 amide bonds. The Morgan fingerprint density at radius 3 is 2.20 bits per heavy atom. The highest BCUT2D eigenvalue weighted by atomic mass is 16.4. The topological polar surface area (TPSA) is 57.5 Å². The monoisotopic (exact) mass is 266 g/mol. The Bertz CT molecular complexity index is 688. The van der Waals surface area contributed by atoms with Crippen LogP contribution in [0.2, 0.25) is 0 Å². The molecule has 20 heavy (non-hydrogen) atoms. The molecule has 3 heteroatoms. The van der Waals surface area contributed by atoms with E-state index in [4.69, 9.17) is 10.2 Å². The van der Waals surface area contributed by atoms with Crippen LogP contribution in [-0.4, -0.2) is 16.2 Å². The Hall–Kier alpha value is -2.57.